The van der Waals surface area contributed by atoms with Gasteiger partial charge in [-0.05, 0) is 52.8 Å². The van der Waals surface area contributed by atoms with Crippen molar-refractivity contribution in [2.45, 2.75) is 40.7 Å². The number of ketones is 1. The van der Waals surface area contributed by atoms with Gasteiger partial charge in [-0.2, -0.15) is 10.2 Å². The molecule has 0 N–H and O–H groups in total. The van der Waals surface area contributed by atoms with E-state index in [1.807, 2.05) is 13.8 Å². The number of ether oxygens (including phenoxy) is 4. The fourth-order valence-electron chi connectivity index (χ4n) is 3.02. The first-order valence-corrected chi connectivity index (χ1v) is 11.9. The van der Waals surface area contributed by atoms with E-state index in [2.05, 4.69) is 10.2 Å². The maximum Gasteiger partial charge on any atom is 0.276 e. The molecule has 0 saturated heterocycles. The van der Waals surface area contributed by atoms with E-state index in [0.29, 0.717) is 54.4 Å². The molecule has 190 valence electrons. The Morgan fingerprint density at radius 1 is 0.914 bits per heavy atom. The largest absolute Gasteiger partial charge is 0.494 e. The summed E-state index contributed by atoms with van der Waals surface area (Å²) < 4.78 is 23.1. The lowest BCUT2D eigenvalue weighted by molar-refractivity contribution is -0.126. The van der Waals surface area contributed by atoms with Crippen molar-refractivity contribution in [1.82, 2.24) is 0 Å². The average molecular weight is 526 g/mol. The number of rotatable bonds is 13. The van der Waals surface area contributed by atoms with Gasteiger partial charge >= 0.3 is 0 Å². The van der Waals surface area contributed by atoms with Gasteiger partial charge in [0, 0.05) is 28.9 Å². The van der Waals surface area contributed by atoms with Crippen LogP contribution in [0.3, 0.4) is 0 Å². The Hall–Kier alpha value is -3.04. The number of benzene rings is 2. The van der Waals surface area contributed by atoms with Gasteiger partial charge in [0.25, 0.3) is 5.91 Å². The average Bonchev–Trinajstić information content (AvgIpc) is 2.81. The van der Waals surface area contributed by atoms with Crippen molar-refractivity contribution < 1.29 is 28.5 Å². The zero-order valence-corrected chi connectivity index (χ0v) is 21.9. The highest BCUT2D eigenvalue weighted by atomic mass is 35.5. The molecule has 0 saturated carbocycles. The maximum atomic E-state index is 13.2. The fourth-order valence-corrected chi connectivity index (χ4v) is 3.44. The molecule has 35 heavy (non-hydrogen) atoms. The molecule has 11 heteroatoms. The molecule has 0 aliphatic heterocycles. The standard InChI is InChI=1S/C24H29Cl2N3O6/c1-6-32-17-10-11-20(33-7-2)19(14-17)29(26)24(31)22(15(5)30)28-27-18-12-16(25)13-21(34-8-3)23(18)35-9-4/h10-14,22H,6-9H2,1-5H3. The number of hydrogen-bond donors (Lipinski definition) is 0. The summed E-state index contributed by atoms with van der Waals surface area (Å²) in [5, 5.41) is 8.42. The van der Waals surface area contributed by atoms with Crippen LogP contribution < -0.4 is 23.4 Å². The Kier molecular flexibility index (Phi) is 11.1. The highest BCUT2D eigenvalue weighted by Crippen LogP contribution is 2.41. The molecule has 0 fully saturated rings. The summed E-state index contributed by atoms with van der Waals surface area (Å²) in [4.78, 5) is 25.6. The van der Waals surface area contributed by atoms with Crippen LogP contribution in [0, 0.1) is 0 Å². The molecule has 0 bridgehead atoms. The second-order valence-electron chi connectivity index (χ2n) is 6.96. The van der Waals surface area contributed by atoms with Crippen molar-refractivity contribution in [2.24, 2.45) is 10.2 Å². The van der Waals surface area contributed by atoms with Gasteiger partial charge in [0.05, 0.1) is 26.4 Å². The Balaban J connectivity index is 2.45. The van der Waals surface area contributed by atoms with Crippen LogP contribution in [-0.2, 0) is 9.59 Å². The number of nitrogens with zero attached hydrogens (tertiary/aromatic N) is 3. The molecule has 0 radical (unpaired) electrons. The van der Waals surface area contributed by atoms with Crippen molar-refractivity contribution in [1.29, 1.82) is 0 Å². The molecule has 1 amide bonds. The second kappa shape index (κ2) is 13.7. The first-order valence-electron chi connectivity index (χ1n) is 11.2. The lowest BCUT2D eigenvalue weighted by Gasteiger charge is -2.20. The number of azo groups is 1. The van der Waals surface area contributed by atoms with Gasteiger partial charge in [-0.1, -0.05) is 11.6 Å². The van der Waals surface area contributed by atoms with Crippen LogP contribution in [0.1, 0.15) is 34.6 Å². The molecule has 0 aliphatic rings. The highest BCUT2D eigenvalue weighted by Gasteiger charge is 2.31. The van der Waals surface area contributed by atoms with E-state index in [0.717, 1.165) is 4.42 Å². The van der Waals surface area contributed by atoms with Crippen LogP contribution in [0.2, 0.25) is 5.02 Å². The minimum Gasteiger partial charge on any atom is -0.494 e. The van der Waals surface area contributed by atoms with E-state index in [1.165, 1.54) is 13.0 Å². The van der Waals surface area contributed by atoms with Crippen molar-refractivity contribution in [3.8, 4) is 23.0 Å². The summed E-state index contributed by atoms with van der Waals surface area (Å²) in [6.45, 7) is 9.91. The Morgan fingerprint density at radius 2 is 1.54 bits per heavy atom. The van der Waals surface area contributed by atoms with Gasteiger partial charge in [0.1, 0.15) is 22.9 Å². The summed E-state index contributed by atoms with van der Waals surface area (Å²) in [6.07, 6.45) is 0. The van der Waals surface area contributed by atoms with E-state index in [1.54, 1.807) is 38.1 Å². The molecular weight excluding hydrogens is 497 g/mol. The summed E-state index contributed by atoms with van der Waals surface area (Å²) in [6, 6.07) is 6.43. The minimum absolute atomic E-state index is 0.205. The predicted octanol–water partition coefficient (Wildman–Crippen LogP) is 6.16. The lowest BCUT2D eigenvalue weighted by atomic mass is 10.2. The molecule has 0 aliphatic carbocycles. The van der Waals surface area contributed by atoms with E-state index in [9.17, 15) is 9.59 Å². The second-order valence-corrected chi connectivity index (χ2v) is 7.74. The molecule has 1 atom stereocenters. The van der Waals surface area contributed by atoms with E-state index >= 15 is 0 Å². The van der Waals surface area contributed by atoms with Crippen LogP contribution >= 0.6 is 23.4 Å². The summed E-state index contributed by atoms with van der Waals surface area (Å²) in [5.41, 5.74) is 0.415. The molecule has 2 rings (SSSR count). The molecular formula is C24H29Cl2N3O6. The number of hydrogen-bond acceptors (Lipinski definition) is 8. The van der Waals surface area contributed by atoms with Crippen molar-refractivity contribution in [3.63, 3.8) is 0 Å². The molecule has 1 unspecified atom stereocenters. The number of halogens is 2. The van der Waals surface area contributed by atoms with Crippen LogP contribution in [0.15, 0.2) is 40.6 Å². The minimum atomic E-state index is -1.53. The first-order chi connectivity index (χ1) is 16.8. The van der Waals surface area contributed by atoms with Gasteiger partial charge in [-0.3, -0.25) is 9.59 Å². The monoisotopic (exact) mass is 525 g/mol. The van der Waals surface area contributed by atoms with E-state index in [-0.39, 0.29) is 11.4 Å². The lowest BCUT2D eigenvalue weighted by Crippen LogP contribution is -2.36. The molecule has 9 nitrogen and oxygen atoms in total. The van der Waals surface area contributed by atoms with Crippen molar-refractivity contribution >= 4 is 46.4 Å². The van der Waals surface area contributed by atoms with Gasteiger partial charge in [-0.25, -0.2) is 4.42 Å². The zero-order chi connectivity index (χ0) is 26.0. The normalized spacial score (nSPS) is 11.7. The number of amides is 1. The third-order valence-electron chi connectivity index (χ3n) is 4.43. The van der Waals surface area contributed by atoms with Crippen LogP contribution in [-0.4, -0.2) is 44.2 Å². The highest BCUT2D eigenvalue weighted by molar-refractivity contribution is 6.39. The van der Waals surface area contributed by atoms with Gasteiger partial charge in [-0.15, -0.1) is 0 Å². The number of Topliss-reactive ketones (excluding diaryl/α,β-unsaturated/α-hetero) is 1. The Bertz CT molecular complexity index is 1060. The maximum absolute atomic E-state index is 13.2. The smallest absolute Gasteiger partial charge is 0.276 e. The summed E-state index contributed by atoms with van der Waals surface area (Å²) >= 11 is 12.6. The quantitative estimate of drug-likeness (QED) is 0.176. The van der Waals surface area contributed by atoms with Crippen molar-refractivity contribution in [3.05, 3.63) is 35.4 Å². The third kappa shape index (κ3) is 7.47. The summed E-state index contributed by atoms with van der Waals surface area (Å²) in [7, 11) is 0. The molecule has 2 aromatic rings. The zero-order valence-electron chi connectivity index (χ0n) is 20.3. The molecule has 2 aromatic carbocycles. The first kappa shape index (κ1) is 28.2. The third-order valence-corrected chi connectivity index (χ3v) is 5.00. The predicted molar refractivity (Wildman–Crippen MR) is 135 cm³/mol. The van der Waals surface area contributed by atoms with Crippen molar-refractivity contribution in [2.75, 3.05) is 30.8 Å². The van der Waals surface area contributed by atoms with E-state index < -0.39 is 17.7 Å². The van der Waals surface area contributed by atoms with Gasteiger partial charge in [0.15, 0.2) is 17.3 Å². The number of carbonyl (C=O) groups is 2. The van der Waals surface area contributed by atoms with Gasteiger partial charge < -0.3 is 18.9 Å². The van der Waals surface area contributed by atoms with Crippen LogP contribution in [0.4, 0.5) is 11.4 Å². The van der Waals surface area contributed by atoms with E-state index in [4.69, 9.17) is 42.3 Å². The van der Waals surface area contributed by atoms with Crippen LogP contribution in [0.25, 0.3) is 0 Å². The number of anilines is 1. The molecule has 0 spiro atoms. The van der Waals surface area contributed by atoms with Crippen LogP contribution in [0.5, 0.6) is 23.0 Å². The number of carbonyl (C=O) groups excluding carboxylic acids is 2. The molecule has 0 heterocycles. The molecule has 0 aromatic heterocycles. The SMILES string of the molecule is CCOc1ccc(OCC)c(N(Cl)C(=O)C(N=Nc2cc(Cl)cc(OCC)c2OCC)C(C)=O)c1. The van der Waals surface area contributed by atoms with Gasteiger partial charge in [0.2, 0.25) is 6.04 Å². The summed E-state index contributed by atoms with van der Waals surface area (Å²) in [5.74, 6) is 0.107. The Morgan fingerprint density at radius 3 is 2.14 bits per heavy atom. The fraction of sp³-hybridized carbons (Fsp3) is 0.417. The topological polar surface area (TPSA) is 99.0 Å². The Labute approximate surface area is 215 Å².